The first-order chi connectivity index (χ1) is 32.7. The van der Waals surface area contributed by atoms with Crippen molar-refractivity contribution in [3.05, 3.63) is 115 Å². The van der Waals surface area contributed by atoms with Crippen molar-refractivity contribution in [2.45, 2.75) is 115 Å². The summed E-state index contributed by atoms with van der Waals surface area (Å²) in [5.41, 5.74) is 7.07. The minimum Gasteiger partial charge on any atom is -0.399 e. The van der Waals surface area contributed by atoms with Crippen LogP contribution in [-0.2, 0) is 18.9 Å². The topological polar surface area (TPSA) is 143 Å². The number of likely N-dealkylation sites (N-methyl/N-ethyl adjacent to an activating group) is 2. The largest absolute Gasteiger partial charge is 0.495 e. The second kappa shape index (κ2) is 19.0. The molecule has 1 saturated heterocycles. The summed E-state index contributed by atoms with van der Waals surface area (Å²) in [6.45, 7) is 12.4. The summed E-state index contributed by atoms with van der Waals surface area (Å²) in [7, 11) is 3.22. The SMILES string of the molecule is CC1(C)OB(c2ccncc2-c2ccccc2)OC1(C)C.CC[C@@H]1C(=O)N(C)c2cnc(-c3ccncc3-c3ccccc3)nc2N1C1CC1.CC[C@@H]1C(=O)N(C)c2cnc(Cl)nc2N1C1CC1. The maximum atomic E-state index is 12.9. The molecule has 2 aliphatic carbocycles. The molecule has 14 nitrogen and oxygen atoms in total. The monoisotopic (exact) mass is 932 g/mol. The van der Waals surface area contributed by atoms with Crippen LogP contribution in [0.2, 0.25) is 5.28 Å². The number of hydrogen-bond donors (Lipinski definition) is 0. The van der Waals surface area contributed by atoms with Gasteiger partial charge in [0.05, 0.1) is 23.6 Å². The predicted octanol–water partition coefficient (Wildman–Crippen LogP) is 8.83. The Hall–Kier alpha value is -6.29. The number of carbonyl (C=O) groups excluding carboxylic acids is 2. The summed E-state index contributed by atoms with van der Waals surface area (Å²) in [4.78, 5) is 59.4. The molecule has 0 bridgehead atoms. The Morgan fingerprint density at radius 1 is 0.618 bits per heavy atom. The van der Waals surface area contributed by atoms with Crippen LogP contribution in [0.4, 0.5) is 23.0 Å². The summed E-state index contributed by atoms with van der Waals surface area (Å²) in [5.74, 6) is 2.56. The van der Waals surface area contributed by atoms with Gasteiger partial charge in [0.15, 0.2) is 17.5 Å². The van der Waals surface area contributed by atoms with Crippen LogP contribution in [-0.4, -0.2) is 98.3 Å². The average Bonchev–Trinajstić information content (AvgIpc) is 4.31. The molecule has 7 heterocycles. The lowest BCUT2D eigenvalue weighted by atomic mass is 9.75. The Morgan fingerprint density at radius 2 is 1.09 bits per heavy atom. The molecule has 2 atom stereocenters. The van der Waals surface area contributed by atoms with Crippen molar-refractivity contribution >= 4 is 59.0 Å². The summed E-state index contributed by atoms with van der Waals surface area (Å²) in [6, 6.07) is 24.8. The van der Waals surface area contributed by atoms with Gasteiger partial charge in [0.25, 0.3) is 0 Å². The van der Waals surface area contributed by atoms with Crippen LogP contribution >= 0.6 is 11.6 Å². The van der Waals surface area contributed by atoms with Gasteiger partial charge in [-0.1, -0.05) is 74.5 Å². The van der Waals surface area contributed by atoms with Crippen LogP contribution in [0, 0.1) is 0 Å². The third-order valence-electron chi connectivity index (χ3n) is 13.8. The van der Waals surface area contributed by atoms with E-state index >= 15 is 0 Å². The van der Waals surface area contributed by atoms with Gasteiger partial charge in [0.2, 0.25) is 17.1 Å². The molecule has 2 amide bonds. The van der Waals surface area contributed by atoms with Crippen molar-refractivity contribution in [1.82, 2.24) is 29.9 Å². The van der Waals surface area contributed by atoms with E-state index in [0.717, 1.165) is 94.8 Å². The highest BCUT2D eigenvalue weighted by atomic mass is 35.5. The number of hydrogen-bond acceptors (Lipinski definition) is 12. The number of amides is 2. The molecule has 0 spiro atoms. The fraction of sp³-hybridized carbons (Fsp3) is 0.385. The van der Waals surface area contributed by atoms with Crippen LogP contribution < -0.4 is 25.1 Å². The first-order valence-electron chi connectivity index (χ1n) is 23.6. The predicted molar refractivity (Wildman–Crippen MR) is 269 cm³/mol. The van der Waals surface area contributed by atoms with Gasteiger partial charge in [-0.05, 0) is 112 Å². The standard InChI is InChI=1S/C23H23N5O.C17H20BNO2.C12H15ClN4O/c1-3-19-23(29)27(2)20-14-25-21(26-22(20)28(19)16-9-10-16)17-11-12-24-13-18(17)15-7-5-4-6-8-15;1-16(2)17(3,4)21-18(20-16)15-10-11-19-12-14(15)13-8-6-5-7-9-13;1-3-8-11(18)16(2)9-6-14-12(13)15-10(9)17(8)7-4-5-7/h4-8,11-14,16,19H,3,9-10H2,1-2H3;5-12H,1-4H3;6-8H,3-5H2,1-2H3/t19-;;8-/m1.1/s1. The smallest absolute Gasteiger partial charge is 0.399 e. The molecule has 11 rings (SSSR count). The Labute approximate surface area is 404 Å². The highest BCUT2D eigenvalue weighted by molar-refractivity contribution is 6.63. The number of carbonyl (C=O) groups is 2. The van der Waals surface area contributed by atoms with Gasteiger partial charge in [-0.2, -0.15) is 4.98 Å². The van der Waals surface area contributed by atoms with E-state index in [2.05, 4.69) is 93.6 Å². The van der Waals surface area contributed by atoms with Gasteiger partial charge in [0, 0.05) is 62.1 Å². The molecule has 5 aliphatic rings. The molecule has 68 heavy (non-hydrogen) atoms. The Balaban J connectivity index is 0.000000132. The molecule has 0 radical (unpaired) electrons. The van der Waals surface area contributed by atoms with Crippen LogP contribution in [0.3, 0.4) is 0 Å². The minimum atomic E-state index is -0.367. The van der Waals surface area contributed by atoms with Crippen molar-refractivity contribution in [1.29, 1.82) is 0 Å². The fourth-order valence-corrected chi connectivity index (χ4v) is 9.22. The third kappa shape index (κ3) is 9.06. The van der Waals surface area contributed by atoms with Gasteiger partial charge in [0.1, 0.15) is 23.5 Å². The Bertz CT molecular complexity index is 2780. The maximum absolute atomic E-state index is 12.9. The first-order valence-corrected chi connectivity index (χ1v) is 24.0. The fourth-order valence-electron chi connectivity index (χ4n) is 9.09. The van der Waals surface area contributed by atoms with Gasteiger partial charge < -0.3 is 28.9 Å². The van der Waals surface area contributed by atoms with E-state index in [9.17, 15) is 9.59 Å². The molecule has 350 valence electrons. The lowest BCUT2D eigenvalue weighted by molar-refractivity contribution is -0.120. The lowest BCUT2D eigenvalue weighted by Gasteiger charge is -2.40. The van der Waals surface area contributed by atoms with Gasteiger partial charge in [-0.25, -0.2) is 15.0 Å². The first kappa shape index (κ1) is 46.8. The number of nitrogens with zero attached hydrogens (tertiary/aromatic N) is 10. The number of aromatic nitrogens is 6. The van der Waals surface area contributed by atoms with E-state index < -0.39 is 0 Å². The molecule has 0 unspecified atom stereocenters. The molecule has 4 aromatic heterocycles. The second-order valence-corrected chi connectivity index (χ2v) is 19.2. The maximum Gasteiger partial charge on any atom is 0.495 e. The number of pyridine rings is 2. The van der Waals surface area contributed by atoms with Crippen molar-refractivity contribution in [3.63, 3.8) is 0 Å². The quantitative estimate of drug-likeness (QED) is 0.106. The van der Waals surface area contributed by atoms with Crippen molar-refractivity contribution in [3.8, 4) is 33.6 Å². The van der Waals surface area contributed by atoms with Gasteiger partial charge in [-0.3, -0.25) is 19.6 Å². The molecular formula is C52H58BClN10O4. The highest BCUT2D eigenvalue weighted by Gasteiger charge is 2.52. The van der Waals surface area contributed by atoms with E-state index in [1.165, 1.54) is 0 Å². The van der Waals surface area contributed by atoms with Gasteiger partial charge >= 0.3 is 7.12 Å². The second-order valence-electron chi connectivity index (χ2n) is 18.9. The van der Waals surface area contributed by atoms with E-state index in [1.54, 1.807) is 41.6 Å². The normalized spacial score (nSPS) is 20.2. The van der Waals surface area contributed by atoms with Crippen molar-refractivity contribution in [2.75, 3.05) is 33.7 Å². The molecule has 2 saturated carbocycles. The van der Waals surface area contributed by atoms with E-state index in [-0.39, 0.29) is 47.5 Å². The lowest BCUT2D eigenvalue weighted by Crippen LogP contribution is -2.53. The zero-order valence-electron chi connectivity index (χ0n) is 40.0. The minimum absolute atomic E-state index is 0.114. The van der Waals surface area contributed by atoms with E-state index in [1.807, 2.05) is 74.9 Å². The van der Waals surface area contributed by atoms with Crippen LogP contribution in [0.25, 0.3) is 33.6 Å². The van der Waals surface area contributed by atoms with E-state index in [0.29, 0.717) is 17.9 Å². The third-order valence-corrected chi connectivity index (χ3v) is 14.0. The molecule has 2 aromatic carbocycles. The summed E-state index contributed by atoms with van der Waals surface area (Å²) < 4.78 is 12.3. The summed E-state index contributed by atoms with van der Waals surface area (Å²) in [6.07, 6.45) is 16.7. The molecule has 3 aliphatic heterocycles. The number of fused-ring (bicyclic) bond motifs is 2. The summed E-state index contributed by atoms with van der Waals surface area (Å²) in [5, 5.41) is 0.233. The molecular weight excluding hydrogens is 875 g/mol. The van der Waals surface area contributed by atoms with Crippen LogP contribution in [0.5, 0.6) is 0 Å². The van der Waals surface area contributed by atoms with E-state index in [4.69, 9.17) is 25.9 Å². The number of halogens is 1. The van der Waals surface area contributed by atoms with Crippen molar-refractivity contribution in [2.24, 2.45) is 0 Å². The van der Waals surface area contributed by atoms with Crippen molar-refractivity contribution < 1.29 is 18.9 Å². The highest BCUT2D eigenvalue weighted by Crippen LogP contribution is 2.44. The summed E-state index contributed by atoms with van der Waals surface area (Å²) >= 11 is 5.89. The Morgan fingerprint density at radius 3 is 1.60 bits per heavy atom. The molecule has 16 heteroatoms. The van der Waals surface area contributed by atoms with Crippen LogP contribution in [0.1, 0.15) is 80.1 Å². The zero-order valence-corrected chi connectivity index (χ0v) is 40.8. The zero-order chi connectivity index (χ0) is 47.9. The number of benzene rings is 2. The Kier molecular flexibility index (Phi) is 13.1. The van der Waals surface area contributed by atoms with Crippen LogP contribution in [0.15, 0.2) is 110 Å². The number of rotatable bonds is 8. The molecule has 6 aromatic rings. The number of anilines is 4. The molecule has 3 fully saturated rings. The molecule has 0 N–H and O–H groups in total. The van der Waals surface area contributed by atoms with Gasteiger partial charge in [-0.15, -0.1) is 0 Å². The average molecular weight is 933 g/mol.